The minimum absolute atomic E-state index is 0.646. The second kappa shape index (κ2) is 5.84. The monoisotopic (exact) mass is 336 g/mol. The van der Waals surface area contributed by atoms with Gasteiger partial charge in [0.25, 0.3) is 0 Å². The molecule has 0 N–H and O–H groups in total. The first kappa shape index (κ1) is 14.2. The number of benzene rings is 1. The third kappa shape index (κ3) is 3.22. The molecule has 1 aromatic heterocycles. The molecule has 0 saturated carbocycles. The maximum absolute atomic E-state index is 11.0. The first-order valence-corrected chi connectivity index (χ1v) is 7.36. The fraction of sp³-hybridized carbons (Fsp3) is 0.214. The summed E-state index contributed by atoms with van der Waals surface area (Å²) in [5.74, 6) is 0. The Morgan fingerprint density at radius 1 is 1.16 bits per heavy atom. The minimum Gasteiger partial charge on any atom is -0.298 e. The molecule has 0 aliphatic carbocycles. The molecule has 2 aromatic rings. The Morgan fingerprint density at radius 3 is 2.37 bits per heavy atom. The summed E-state index contributed by atoms with van der Waals surface area (Å²) in [7, 11) is 0. The van der Waals surface area contributed by atoms with Crippen molar-refractivity contribution in [1.29, 1.82) is 0 Å². The van der Waals surface area contributed by atoms with Gasteiger partial charge in [-0.3, -0.25) is 4.79 Å². The highest BCUT2D eigenvalue weighted by molar-refractivity contribution is 9.10. The van der Waals surface area contributed by atoms with Crippen LogP contribution in [0.5, 0.6) is 0 Å². The van der Waals surface area contributed by atoms with Gasteiger partial charge in [0.05, 0.1) is 0 Å². The van der Waals surface area contributed by atoms with Crippen LogP contribution < -0.4 is 0 Å². The van der Waals surface area contributed by atoms with Gasteiger partial charge in [0, 0.05) is 26.3 Å². The lowest BCUT2D eigenvalue weighted by Gasteiger charge is -2.08. The maximum atomic E-state index is 11.0. The van der Waals surface area contributed by atoms with Crippen LogP contribution in [0.3, 0.4) is 0 Å². The van der Waals surface area contributed by atoms with Crippen LogP contribution in [0.4, 0.5) is 0 Å². The van der Waals surface area contributed by atoms with Gasteiger partial charge in [-0.05, 0) is 56.3 Å². The summed E-state index contributed by atoms with van der Waals surface area (Å²) in [4.78, 5) is 20.8. The van der Waals surface area contributed by atoms with Gasteiger partial charge in [0.1, 0.15) is 0 Å². The summed E-state index contributed by atoms with van der Waals surface area (Å²) >= 11 is 4.82. The van der Waals surface area contributed by atoms with Crippen molar-refractivity contribution in [2.45, 2.75) is 30.8 Å². The SMILES string of the molecule is Cc1nc(Sc2cc(Br)ccc2C=O)nc(C)c1C. The summed E-state index contributed by atoms with van der Waals surface area (Å²) in [5, 5.41) is 0.668. The number of carbonyl (C=O) groups excluding carboxylic acids is 1. The number of nitrogens with zero attached hydrogens (tertiary/aromatic N) is 2. The van der Waals surface area contributed by atoms with Crippen molar-refractivity contribution in [2.24, 2.45) is 0 Å². The molecule has 2 rings (SSSR count). The Balaban J connectivity index is 2.41. The van der Waals surface area contributed by atoms with E-state index in [9.17, 15) is 4.79 Å². The third-order valence-electron chi connectivity index (χ3n) is 2.92. The third-order valence-corrected chi connectivity index (χ3v) is 4.35. The lowest BCUT2D eigenvalue weighted by Crippen LogP contribution is -1.98. The number of hydrogen-bond acceptors (Lipinski definition) is 4. The van der Waals surface area contributed by atoms with Gasteiger partial charge in [0.2, 0.25) is 0 Å². The second-order valence-electron chi connectivity index (χ2n) is 4.20. The number of aromatic nitrogens is 2. The van der Waals surface area contributed by atoms with E-state index < -0.39 is 0 Å². The van der Waals surface area contributed by atoms with Crippen molar-refractivity contribution in [2.75, 3.05) is 0 Å². The molecule has 98 valence electrons. The zero-order valence-electron chi connectivity index (χ0n) is 10.9. The number of halogens is 1. The number of aldehydes is 1. The van der Waals surface area contributed by atoms with E-state index in [0.29, 0.717) is 10.7 Å². The van der Waals surface area contributed by atoms with Gasteiger partial charge in [-0.25, -0.2) is 9.97 Å². The highest BCUT2D eigenvalue weighted by Gasteiger charge is 2.09. The Kier molecular flexibility index (Phi) is 4.37. The van der Waals surface area contributed by atoms with E-state index in [1.807, 2.05) is 32.9 Å². The Morgan fingerprint density at radius 2 is 1.79 bits per heavy atom. The van der Waals surface area contributed by atoms with Gasteiger partial charge in [-0.1, -0.05) is 15.9 Å². The number of aryl methyl sites for hydroxylation is 2. The highest BCUT2D eigenvalue weighted by Crippen LogP contribution is 2.30. The molecule has 5 heteroatoms. The Labute approximate surface area is 125 Å². The van der Waals surface area contributed by atoms with E-state index in [1.165, 1.54) is 11.8 Å². The van der Waals surface area contributed by atoms with Crippen LogP contribution in [0.15, 0.2) is 32.7 Å². The van der Waals surface area contributed by atoms with E-state index in [2.05, 4.69) is 25.9 Å². The average molecular weight is 337 g/mol. The predicted molar refractivity (Wildman–Crippen MR) is 79.9 cm³/mol. The summed E-state index contributed by atoms with van der Waals surface area (Å²) < 4.78 is 0.932. The zero-order valence-corrected chi connectivity index (χ0v) is 13.3. The largest absolute Gasteiger partial charge is 0.298 e. The van der Waals surface area contributed by atoms with Crippen LogP contribution in [-0.2, 0) is 0 Å². The van der Waals surface area contributed by atoms with Gasteiger partial charge in [-0.2, -0.15) is 0 Å². The zero-order chi connectivity index (χ0) is 14.0. The van der Waals surface area contributed by atoms with Gasteiger partial charge >= 0.3 is 0 Å². The fourth-order valence-corrected chi connectivity index (χ4v) is 3.07. The molecule has 0 bridgehead atoms. The fourth-order valence-electron chi connectivity index (χ4n) is 1.58. The standard InChI is InChI=1S/C14H13BrN2OS/c1-8-9(2)16-14(17-10(8)3)19-13-6-12(15)5-4-11(13)7-18/h4-7H,1-3H3. The van der Waals surface area contributed by atoms with Gasteiger partial charge < -0.3 is 0 Å². The summed E-state index contributed by atoms with van der Waals surface area (Å²) in [6.45, 7) is 5.94. The van der Waals surface area contributed by atoms with E-state index in [1.54, 1.807) is 6.07 Å². The van der Waals surface area contributed by atoms with Crippen molar-refractivity contribution in [3.63, 3.8) is 0 Å². The molecule has 3 nitrogen and oxygen atoms in total. The summed E-state index contributed by atoms with van der Waals surface area (Å²) in [5.41, 5.74) is 3.69. The van der Waals surface area contributed by atoms with Crippen LogP contribution in [0, 0.1) is 20.8 Å². The van der Waals surface area contributed by atoms with E-state index in [0.717, 1.165) is 32.6 Å². The number of rotatable bonds is 3. The van der Waals surface area contributed by atoms with Crippen molar-refractivity contribution >= 4 is 34.0 Å². The molecule has 19 heavy (non-hydrogen) atoms. The normalized spacial score (nSPS) is 10.5. The van der Waals surface area contributed by atoms with Crippen molar-refractivity contribution in [3.8, 4) is 0 Å². The van der Waals surface area contributed by atoms with Crippen LogP contribution in [0.2, 0.25) is 0 Å². The minimum atomic E-state index is 0.646. The van der Waals surface area contributed by atoms with Crippen molar-refractivity contribution in [3.05, 3.63) is 45.2 Å². The van der Waals surface area contributed by atoms with Gasteiger partial charge in [0.15, 0.2) is 11.4 Å². The molecule has 0 amide bonds. The molecule has 0 aliphatic rings. The molecular weight excluding hydrogens is 324 g/mol. The van der Waals surface area contributed by atoms with Crippen LogP contribution in [0.25, 0.3) is 0 Å². The number of hydrogen-bond donors (Lipinski definition) is 0. The molecular formula is C14H13BrN2OS. The lowest BCUT2D eigenvalue weighted by molar-refractivity contribution is 0.112. The molecule has 0 radical (unpaired) electrons. The van der Waals surface area contributed by atoms with E-state index >= 15 is 0 Å². The smallest absolute Gasteiger partial charge is 0.192 e. The Hall–Kier alpha value is -1.20. The molecule has 0 aliphatic heterocycles. The molecule has 0 fully saturated rings. The average Bonchev–Trinajstić information content (AvgIpc) is 2.36. The first-order valence-electron chi connectivity index (χ1n) is 5.75. The lowest BCUT2D eigenvalue weighted by atomic mass is 10.2. The first-order chi connectivity index (χ1) is 9.01. The second-order valence-corrected chi connectivity index (χ2v) is 6.13. The molecule has 0 saturated heterocycles. The topological polar surface area (TPSA) is 42.9 Å². The van der Waals surface area contributed by atoms with Crippen LogP contribution in [-0.4, -0.2) is 16.3 Å². The molecule has 0 spiro atoms. The summed E-state index contributed by atoms with van der Waals surface area (Å²) in [6.07, 6.45) is 0.850. The number of carbonyl (C=O) groups is 1. The van der Waals surface area contributed by atoms with E-state index in [4.69, 9.17) is 0 Å². The van der Waals surface area contributed by atoms with Crippen LogP contribution in [0.1, 0.15) is 27.3 Å². The Bertz CT molecular complexity index is 620. The van der Waals surface area contributed by atoms with Crippen molar-refractivity contribution < 1.29 is 4.79 Å². The van der Waals surface area contributed by atoms with Crippen molar-refractivity contribution in [1.82, 2.24) is 9.97 Å². The van der Waals surface area contributed by atoms with E-state index in [-0.39, 0.29) is 0 Å². The predicted octanol–water partition coefficient (Wildman–Crippen LogP) is 4.13. The van der Waals surface area contributed by atoms with Crippen LogP contribution >= 0.6 is 27.7 Å². The molecule has 0 atom stereocenters. The van der Waals surface area contributed by atoms with Gasteiger partial charge in [-0.15, -0.1) is 0 Å². The quantitative estimate of drug-likeness (QED) is 0.624. The summed E-state index contributed by atoms with van der Waals surface area (Å²) in [6, 6.07) is 5.54. The maximum Gasteiger partial charge on any atom is 0.192 e. The highest BCUT2D eigenvalue weighted by atomic mass is 79.9. The molecule has 0 unspecified atom stereocenters. The molecule has 1 heterocycles. The molecule has 1 aromatic carbocycles.